The minimum Gasteiger partial charge on any atom is -0.345 e. The van der Waals surface area contributed by atoms with Gasteiger partial charge in [0.05, 0.1) is 20.0 Å². The van der Waals surface area contributed by atoms with Crippen LogP contribution >= 0.6 is 22.7 Å². The summed E-state index contributed by atoms with van der Waals surface area (Å²) < 4.78 is 2.05. The second kappa shape index (κ2) is 7.09. The van der Waals surface area contributed by atoms with Crippen LogP contribution in [-0.2, 0) is 0 Å². The van der Waals surface area contributed by atoms with Gasteiger partial charge in [0.15, 0.2) is 5.13 Å². The molecule has 2 aromatic heterocycles. The molecule has 146 valence electrons. The van der Waals surface area contributed by atoms with Gasteiger partial charge in [-0.25, -0.2) is 4.98 Å². The van der Waals surface area contributed by atoms with Gasteiger partial charge < -0.3 is 9.80 Å². The molecule has 29 heavy (non-hydrogen) atoms. The number of non-ortho nitro benzene ring substituents is 1. The number of benzene rings is 2. The van der Waals surface area contributed by atoms with E-state index in [-0.39, 0.29) is 11.6 Å². The van der Waals surface area contributed by atoms with E-state index in [1.165, 1.54) is 28.2 Å². The highest BCUT2D eigenvalue weighted by Gasteiger charge is 2.25. The van der Waals surface area contributed by atoms with E-state index < -0.39 is 4.92 Å². The average Bonchev–Trinajstić information content (AvgIpc) is 3.36. The Morgan fingerprint density at radius 3 is 2.55 bits per heavy atom. The maximum Gasteiger partial charge on any atom is 0.270 e. The largest absolute Gasteiger partial charge is 0.345 e. The number of aromatic nitrogens is 1. The van der Waals surface area contributed by atoms with Crippen LogP contribution in [0.3, 0.4) is 0 Å². The zero-order chi connectivity index (χ0) is 20.0. The van der Waals surface area contributed by atoms with Crippen molar-refractivity contribution < 1.29 is 9.72 Å². The summed E-state index contributed by atoms with van der Waals surface area (Å²) in [7, 11) is 0. The van der Waals surface area contributed by atoms with Crippen molar-refractivity contribution in [2.75, 3.05) is 31.1 Å². The number of fused-ring (bicyclic) bond motifs is 2. The molecule has 7 nitrogen and oxygen atoms in total. The average molecular weight is 425 g/mol. The lowest BCUT2D eigenvalue weighted by atomic mass is 10.2. The Morgan fingerprint density at radius 2 is 1.79 bits per heavy atom. The lowest BCUT2D eigenvalue weighted by molar-refractivity contribution is -0.384. The van der Waals surface area contributed by atoms with Crippen molar-refractivity contribution >= 4 is 59.7 Å². The number of nitro benzene ring substituents is 1. The van der Waals surface area contributed by atoms with Crippen LogP contribution in [0.4, 0.5) is 10.8 Å². The Balaban J connectivity index is 1.30. The highest BCUT2D eigenvalue weighted by atomic mass is 32.1. The third-order valence-electron chi connectivity index (χ3n) is 5.04. The smallest absolute Gasteiger partial charge is 0.270 e. The molecular weight excluding hydrogens is 408 g/mol. The Labute approximate surface area is 174 Å². The van der Waals surface area contributed by atoms with Crippen LogP contribution in [-0.4, -0.2) is 46.9 Å². The first-order valence-electron chi connectivity index (χ1n) is 9.16. The summed E-state index contributed by atoms with van der Waals surface area (Å²) in [6.07, 6.45) is 0. The second-order valence-corrected chi connectivity index (χ2v) is 8.93. The van der Waals surface area contributed by atoms with Crippen LogP contribution < -0.4 is 4.90 Å². The molecular formula is C20H16N4O3S2. The van der Waals surface area contributed by atoms with Crippen LogP contribution in [0.25, 0.3) is 20.3 Å². The Kier molecular flexibility index (Phi) is 4.40. The third-order valence-corrected chi connectivity index (χ3v) is 7.24. The maximum absolute atomic E-state index is 12.9. The minimum atomic E-state index is -0.417. The van der Waals surface area contributed by atoms with Crippen LogP contribution in [0.1, 0.15) is 9.67 Å². The third kappa shape index (κ3) is 3.32. The van der Waals surface area contributed by atoms with E-state index in [9.17, 15) is 14.9 Å². The van der Waals surface area contributed by atoms with Crippen molar-refractivity contribution in [3.63, 3.8) is 0 Å². The second-order valence-electron chi connectivity index (χ2n) is 6.83. The van der Waals surface area contributed by atoms with Crippen molar-refractivity contribution in [3.8, 4) is 0 Å². The quantitative estimate of drug-likeness (QED) is 0.360. The summed E-state index contributed by atoms with van der Waals surface area (Å²) in [5.74, 6) is -0.0159. The van der Waals surface area contributed by atoms with E-state index in [4.69, 9.17) is 4.98 Å². The highest BCUT2D eigenvalue weighted by molar-refractivity contribution is 7.22. The number of amides is 1. The molecule has 9 heteroatoms. The van der Waals surface area contributed by atoms with Gasteiger partial charge in [-0.15, -0.1) is 11.3 Å². The molecule has 2 aromatic carbocycles. The molecule has 0 atom stereocenters. The summed E-state index contributed by atoms with van der Waals surface area (Å²) in [4.78, 5) is 32.9. The van der Waals surface area contributed by atoms with Gasteiger partial charge in [0.25, 0.3) is 11.6 Å². The monoisotopic (exact) mass is 424 g/mol. The van der Waals surface area contributed by atoms with Crippen molar-refractivity contribution in [1.82, 2.24) is 9.88 Å². The molecule has 0 saturated carbocycles. The fourth-order valence-corrected chi connectivity index (χ4v) is 5.53. The van der Waals surface area contributed by atoms with Crippen LogP contribution in [0.5, 0.6) is 0 Å². The first-order valence-corrected chi connectivity index (χ1v) is 10.8. The van der Waals surface area contributed by atoms with Crippen molar-refractivity contribution in [3.05, 3.63) is 63.5 Å². The molecule has 0 unspecified atom stereocenters. The maximum atomic E-state index is 12.9. The number of nitro groups is 1. The standard InChI is InChI=1S/C20H16N4O3S2/c25-19(18-12-13-11-14(24(26)27)5-6-16(13)28-18)22-7-9-23(10-8-22)20-21-15-3-1-2-4-17(15)29-20/h1-6,11-12H,7-10H2. The fraction of sp³-hybridized carbons (Fsp3) is 0.200. The number of anilines is 1. The number of nitrogens with zero attached hydrogens (tertiary/aromatic N) is 4. The van der Waals surface area contributed by atoms with E-state index in [1.807, 2.05) is 23.1 Å². The molecule has 0 aliphatic carbocycles. The van der Waals surface area contributed by atoms with Gasteiger partial charge in [0.1, 0.15) is 0 Å². The zero-order valence-corrected chi connectivity index (χ0v) is 16.9. The fourth-order valence-electron chi connectivity index (χ4n) is 3.50. The molecule has 1 saturated heterocycles. The lowest BCUT2D eigenvalue weighted by Gasteiger charge is -2.34. The first kappa shape index (κ1) is 18.0. The SMILES string of the molecule is O=C(c1cc2cc([N+](=O)[O-])ccc2s1)N1CCN(c2nc3ccccc3s2)CC1. The molecule has 5 rings (SSSR count). The number of rotatable bonds is 3. The molecule has 0 spiro atoms. The van der Waals surface area contributed by atoms with Gasteiger partial charge in [-0.2, -0.15) is 0 Å². The summed E-state index contributed by atoms with van der Waals surface area (Å²) in [5, 5.41) is 12.7. The summed E-state index contributed by atoms with van der Waals surface area (Å²) in [5.41, 5.74) is 1.05. The molecule has 4 aromatic rings. The van der Waals surface area contributed by atoms with Gasteiger partial charge in [-0.1, -0.05) is 23.5 Å². The molecule has 3 heterocycles. The number of hydrogen-bond acceptors (Lipinski definition) is 7. The minimum absolute atomic E-state index is 0.0159. The first-order chi connectivity index (χ1) is 14.1. The predicted octanol–water partition coefficient (Wildman–Crippen LogP) is 4.38. The van der Waals surface area contributed by atoms with E-state index >= 15 is 0 Å². The van der Waals surface area contributed by atoms with E-state index in [0.29, 0.717) is 18.0 Å². The normalized spacial score (nSPS) is 14.6. The molecule has 0 bridgehead atoms. The van der Waals surface area contributed by atoms with Gasteiger partial charge in [0, 0.05) is 48.4 Å². The molecule has 0 N–H and O–H groups in total. The van der Waals surface area contributed by atoms with Crippen LogP contribution in [0.15, 0.2) is 48.5 Å². The molecule has 1 aliphatic rings. The van der Waals surface area contributed by atoms with Gasteiger partial charge in [-0.3, -0.25) is 14.9 Å². The zero-order valence-electron chi connectivity index (χ0n) is 15.3. The number of hydrogen-bond donors (Lipinski definition) is 0. The number of piperazine rings is 1. The van der Waals surface area contributed by atoms with E-state index in [2.05, 4.69) is 11.0 Å². The van der Waals surface area contributed by atoms with Crippen LogP contribution in [0, 0.1) is 10.1 Å². The predicted molar refractivity (Wildman–Crippen MR) is 116 cm³/mol. The number of thiophene rings is 1. The van der Waals surface area contributed by atoms with E-state index in [0.717, 1.165) is 33.8 Å². The van der Waals surface area contributed by atoms with Crippen LogP contribution in [0.2, 0.25) is 0 Å². The molecule has 1 fully saturated rings. The highest BCUT2D eigenvalue weighted by Crippen LogP contribution is 2.31. The Hall–Kier alpha value is -3.04. The lowest BCUT2D eigenvalue weighted by Crippen LogP contribution is -2.48. The number of thiazole rings is 1. The summed E-state index contributed by atoms with van der Waals surface area (Å²) in [6, 6.07) is 14.6. The number of carbonyl (C=O) groups is 1. The van der Waals surface area contributed by atoms with Crippen molar-refractivity contribution in [2.24, 2.45) is 0 Å². The molecule has 0 radical (unpaired) electrons. The van der Waals surface area contributed by atoms with Gasteiger partial charge >= 0.3 is 0 Å². The van der Waals surface area contributed by atoms with Gasteiger partial charge in [0.2, 0.25) is 0 Å². The number of para-hydroxylation sites is 1. The Bertz CT molecular complexity index is 1210. The topological polar surface area (TPSA) is 79.6 Å². The van der Waals surface area contributed by atoms with E-state index in [1.54, 1.807) is 23.5 Å². The molecule has 1 amide bonds. The Morgan fingerprint density at radius 1 is 1.00 bits per heavy atom. The van der Waals surface area contributed by atoms with Crippen molar-refractivity contribution in [2.45, 2.75) is 0 Å². The summed E-state index contributed by atoms with van der Waals surface area (Å²) >= 11 is 3.06. The van der Waals surface area contributed by atoms with Gasteiger partial charge in [-0.05, 0) is 24.3 Å². The van der Waals surface area contributed by atoms with Crippen molar-refractivity contribution in [1.29, 1.82) is 0 Å². The number of carbonyl (C=O) groups excluding carboxylic acids is 1. The summed E-state index contributed by atoms with van der Waals surface area (Å²) in [6.45, 7) is 2.73. The molecule has 1 aliphatic heterocycles.